The Morgan fingerprint density at radius 1 is 1.37 bits per heavy atom. The fourth-order valence-electron chi connectivity index (χ4n) is 1.46. The molecule has 1 aromatic carbocycles. The molecule has 0 unspecified atom stereocenters. The SMILES string of the molecule is Cc1ccc(Br)cc1Oc1cccc(/C(N)=N/O)n1. The minimum absolute atomic E-state index is 0.0589. The first-order chi connectivity index (χ1) is 9.10. The third-order valence-electron chi connectivity index (χ3n) is 2.46. The van der Waals surface area contributed by atoms with Gasteiger partial charge in [-0.25, -0.2) is 4.98 Å². The monoisotopic (exact) mass is 321 g/mol. The lowest BCUT2D eigenvalue weighted by Gasteiger charge is -2.09. The van der Waals surface area contributed by atoms with Crippen LogP contribution in [0.15, 0.2) is 46.0 Å². The third kappa shape index (κ3) is 3.23. The van der Waals surface area contributed by atoms with Gasteiger partial charge in [-0.1, -0.05) is 33.2 Å². The maximum atomic E-state index is 8.63. The number of benzene rings is 1. The molecule has 1 heterocycles. The fraction of sp³-hybridized carbons (Fsp3) is 0.0769. The molecule has 2 rings (SSSR count). The number of hydrogen-bond donors (Lipinski definition) is 2. The zero-order valence-corrected chi connectivity index (χ0v) is 11.8. The number of oxime groups is 1. The van der Waals surface area contributed by atoms with E-state index in [2.05, 4.69) is 26.1 Å². The molecule has 0 fully saturated rings. The second kappa shape index (κ2) is 5.71. The molecule has 0 aliphatic rings. The van der Waals surface area contributed by atoms with Crippen molar-refractivity contribution in [2.75, 3.05) is 0 Å². The van der Waals surface area contributed by atoms with Crippen LogP contribution >= 0.6 is 15.9 Å². The van der Waals surface area contributed by atoms with Crippen LogP contribution in [0.5, 0.6) is 11.6 Å². The van der Waals surface area contributed by atoms with Crippen LogP contribution in [-0.2, 0) is 0 Å². The van der Waals surface area contributed by atoms with Gasteiger partial charge in [0.05, 0.1) is 0 Å². The molecule has 0 atom stereocenters. The fourth-order valence-corrected chi connectivity index (χ4v) is 1.80. The number of nitrogens with zero attached hydrogens (tertiary/aromatic N) is 2. The Labute approximate surface area is 118 Å². The minimum Gasteiger partial charge on any atom is -0.439 e. The largest absolute Gasteiger partial charge is 0.439 e. The molecule has 0 aliphatic carbocycles. The van der Waals surface area contributed by atoms with E-state index < -0.39 is 0 Å². The van der Waals surface area contributed by atoms with Gasteiger partial charge in [0.25, 0.3) is 0 Å². The minimum atomic E-state index is -0.0589. The van der Waals surface area contributed by atoms with Gasteiger partial charge in [0.15, 0.2) is 5.84 Å². The summed E-state index contributed by atoms with van der Waals surface area (Å²) in [5, 5.41) is 11.5. The number of nitrogens with two attached hydrogens (primary N) is 1. The molecule has 5 nitrogen and oxygen atoms in total. The Bertz CT molecular complexity index is 629. The topological polar surface area (TPSA) is 80.7 Å². The summed E-state index contributed by atoms with van der Waals surface area (Å²) >= 11 is 3.39. The van der Waals surface area contributed by atoms with E-state index in [4.69, 9.17) is 15.7 Å². The summed E-state index contributed by atoms with van der Waals surface area (Å²) in [5.74, 6) is 1.01. The number of amidine groups is 1. The maximum Gasteiger partial charge on any atom is 0.219 e. The highest BCUT2D eigenvalue weighted by Crippen LogP contribution is 2.27. The van der Waals surface area contributed by atoms with Crippen molar-refractivity contribution in [2.45, 2.75) is 6.92 Å². The van der Waals surface area contributed by atoms with Gasteiger partial charge in [-0.15, -0.1) is 0 Å². The van der Waals surface area contributed by atoms with Gasteiger partial charge in [-0.3, -0.25) is 0 Å². The van der Waals surface area contributed by atoms with Crippen molar-refractivity contribution < 1.29 is 9.94 Å². The zero-order valence-electron chi connectivity index (χ0n) is 10.2. The molecule has 2 aromatic rings. The molecule has 0 radical (unpaired) electrons. The van der Waals surface area contributed by atoms with Crippen LogP contribution in [0.25, 0.3) is 0 Å². The average molecular weight is 322 g/mol. The van der Waals surface area contributed by atoms with E-state index in [-0.39, 0.29) is 5.84 Å². The maximum absolute atomic E-state index is 8.63. The molecule has 1 aromatic heterocycles. The molecular formula is C13H12BrN3O2. The van der Waals surface area contributed by atoms with Gasteiger partial charge < -0.3 is 15.7 Å². The van der Waals surface area contributed by atoms with Gasteiger partial charge >= 0.3 is 0 Å². The smallest absolute Gasteiger partial charge is 0.219 e. The quantitative estimate of drug-likeness (QED) is 0.394. The van der Waals surface area contributed by atoms with Crippen LogP contribution in [-0.4, -0.2) is 16.0 Å². The average Bonchev–Trinajstić information content (AvgIpc) is 2.42. The summed E-state index contributed by atoms with van der Waals surface area (Å²) in [4.78, 5) is 4.16. The van der Waals surface area contributed by atoms with E-state index in [0.717, 1.165) is 10.0 Å². The van der Waals surface area contributed by atoms with E-state index in [9.17, 15) is 0 Å². The second-order valence-electron chi connectivity index (χ2n) is 3.86. The molecular weight excluding hydrogens is 310 g/mol. The van der Waals surface area contributed by atoms with Crippen LogP contribution in [0.2, 0.25) is 0 Å². The molecule has 19 heavy (non-hydrogen) atoms. The number of aromatic nitrogens is 1. The molecule has 0 aliphatic heterocycles. The highest BCUT2D eigenvalue weighted by molar-refractivity contribution is 9.10. The van der Waals surface area contributed by atoms with Gasteiger partial charge in [0, 0.05) is 10.5 Å². The first kappa shape index (κ1) is 13.4. The van der Waals surface area contributed by atoms with Crippen molar-refractivity contribution in [3.63, 3.8) is 0 Å². The number of halogens is 1. The first-order valence-electron chi connectivity index (χ1n) is 5.49. The van der Waals surface area contributed by atoms with E-state index in [1.54, 1.807) is 18.2 Å². The summed E-state index contributed by atoms with van der Waals surface area (Å²) in [6.45, 7) is 1.94. The Hall–Kier alpha value is -2.08. The molecule has 0 amide bonds. The molecule has 3 N–H and O–H groups in total. The lowest BCUT2D eigenvalue weighted by Crippen LogP contribution is -2.14. The van der Waals surface area contributed by atoms with Crippen molar-refractivity contribution in [1.29, 1.82) is 0 Å². The number of hydrogen-bond acceptors (Lipinski definition) is 4. The Kier molecular flexibility index (Phi) is 4.01. The van der Waals surface area contributed by atoms with Crippen LogP contribution in [0.3, 0.4) is 0 Å². The Morgan fingerprint density at radius 2 is 2.16 bits per heavy atom. The summed E-state index contributed by atoms with van der Waals surface area (Å²) < 4.78 is 6.61. The lowest BCUT2D eigenvalue weighted by atomic mass is 10.2. The molecule has 98 valence electrons. The van der Waals surface area contributed by atoms with Crippen LogP contribution < -0.4 is 10.5 Å². The van der Waals surface area contributed by atoms with Crippen molar-refractivity contribution in [2.24, 2.45) is 10.9 Å². The third-order valence-corrected chi connectivity index (χ3v) is 2.95. The normalized spacial score (nSPS) is 11.4. The Balaban J connectivity index is 2.31. The zero-order chi connectivity index (χ0) is 13.8. The van der Waals surface area contributed by atoms with E-state index in [0.29, 0.717) is 17.3 Å². The van der Waals surface area contributed by atoms with Gasteiger partial charge in [-0.05, 0) is 30.7 Å². The van der Waals surface area contributed by atoms with Crippen molar-refractivity contribution in [3.05, 3.63) is 52.1 Å². The van der Waals surface area contributed by atoms with Crippen LogP contribution in [0.1, 0.15) is 11.3 Å². The first-order valence-corrected chi connectivity index (χ1v) is 6.28. The van der Waals surface area contributed by atoms with Crippen molar-refractivity contribution in [1.82, 2.24) is 4.98 Å². The van der Waals surface area contributed by atoms with Crippen LogP contribution in [0.4, 0.5) is 0 Å². The second-order valence-corrected chi connectivity index (χ2v) is 4.77. The van der Waals surface area contributed by atoms with Crippen LogP contribution in [0, 0.1) is 6.92 Å². The summed E-state index contributed by atoms with van der Waals surface area (Å²) in [6.07, 6.45) is 0. The summed E-state index contributed by atoms with van der Waals surface area (Å²) in [6, 6.07) is 10.8. The van der Waals surface area contributed by atoms with Gasteiger partial charge in [0.2, 0.25) is 5.88 Å². The van der Waals surface area contributed by atoms with Crippen molar-refractivity contribution >= 4 is 21.8 Å². The Morgan fingerprint density at radius 3 is 2.89 bits per heavy atom. The predicted molar refractivity (Wildman–Crippen MR) is 75.7 cm³/mol. The summed E-state index contributed by atoms with van der Waals surface area (Å²) in [5.41, 5.74) is 6.82. The van der Waals surface area contributed by atoms with E-state index >= 15 is 0 Å². The van der Waals surface area contributed by atoms with Gasteiger partial charge in [-0.2, -0.15) is 0 Å². The highest BCUT2D eigenvalue weighted by Gasteiger charge is 2.06. The number of rotatable bonds is 3. The molecule has 0 saturated heterocycles. The molecule has 0 saturated carbocycles. The summed E-state index contributed by atoms with van der Waals surface area (Å²) in [7, 11) is 0. The molecule has 0 spiro atoms. The van der Waals surface area contributed by atoms with E-state index in [1.165, 1.54) is 0 Å². The van der Waals surface area contributed by atoms with Gasteiger partial charge in [0.1, 0.15) is 11.4 Å². The number of ether oxygens (including phenoxy) is 1. The highest BCUT2D eigenvalue weighted by atomic mass is 79.9. The number of pyridine rings is 1. The van der Waals surface area contributed by atoms with Crippen molar-refractivity contribution in [3.8, 4) is 11.6 Å². The molecule has 6 heteroatoms. The van der Waals surface area contributed by atoms with E-state index in [1.807, 2.05) is 25.1 Å². The number of aryl methyl sites for hydroxylation is 1. The standard InChI is InChI=1S/C13H12BrN3O2/c1-8-5-6-9(14)7-11(8)19-12-4-2-3-10(16-12)13(15)17-18/h2-7,18H,1H3,(H2,15,17). The molecule has 0 bridgehead atoms. The lowest BCUT2D eigenvalue weighted by molar-refractivity contribution is 0.318. The predicted octanol–water partition coefficient (Wildman–Crippen LogP) is 3.04.